The van der Waals surface area contributed by atoms with Crippen molar-refractivity contribution in [3.8, 4) is 11.4 Å². The van der Waals surface area contributed by atoms with Gasteiger partial charge in [0.15, 0.2) is 5.69 Å². The van der Waals surface area contributed by atoms with E-state index in [1.807, 2.05) is 30.3 Å². The zero-order valence-corrected chi connectivity index (χ0v) is 13.2. The Bertz CT molecular complexity index is 878. The van der Waals surface area contributed by atoms with Crippen molar-refractivity contribution in [2.75, 3.05) is 0 Å². The second kappa shape index (κ2) is 7.35. The fourth-order valence-corrected chi connectivity index (χ4v) is 2.31. The lowest BCUT2D eigenvalue weighted by Gasteiger charge is -2.08. The minimum absolute atomic E-state index is 0.154. The number of pyridine rings is 1. The van der Waals surface area contributed by atoms with Gasteiger partial charge in [0.25, 0.3) is 0 Å². The van der Waals surface area contributed by atoms with Crippen LogP contribution in [0.5, 0.6) is 0 Å². The normalized spacial score (nSPS) is 10.4. The van der Waals surface area contributed by atoms with E-state index in [9.17, 15) is 14.7 Å². The SMILES string of the molecule is O=C(Cn1nnc(C(=O)O)c1-c1ccccn1)NCc1ccccc1. The molecular formula is C17H15N5O3. The van der Waals surface area contributed by atoms with Gasteiger partial charge in [-0.3, -0.25) is 9.78 Å². The average molecular weight is 337 g/mol. The second-order valence-corrected chi connectivity index (χ2v) is 5.23. The summed E-state index contributed by atoms with van der Waals surface area (Å²) in [4.78, 5) is 27.7. The Morgan fingerprint density at radius 3 is 2.52 bits per heavy atom. The first-order chi connectivity index (χ1) is 12.1. The van der Waals surface area contributed by atoms with E-state index in [1.165, 1.54) is 10.9 Å². The van der Waals surface area contributed by atoms with E-state index in [4.69, 9.17) is 0 Å². The van der Waals surface area contributed by atoms with Crippen LogP contribution in [-0.2, 0) is 17.9 Å². The van der Waals surface area contributed by atoms with Crippen molar-refractivity contribution >= 4 is 11.9 Å². The van der Waals surface area contributed by atoms with Crippen LogP contribution in [-0.4, -0.2) is 37.0 Å². The third kappa shape index (κ3) is 3.86. The molecule has 25 heavy (non-hydrogen) atoms. The van der Waals surface area contributed by atoms with E-state index in [-0.39, 0.29) is 23.8 Å². The van der Waals surface area contributed by atoms with E-state index >= 15 is 0 Å². The van der Waals surface area contributed by atoms with Crippen LogP contribution in [0.1, 0.15) is 16.1 Å². The zero-order valence-electron chi connectivity index (χ0n) is 13.2. The summed E-state index contributed by atoms with van der Waals surface area (Å²) in [5.41, 5.74) is 1.31. The molecule has 0 aliphatic rings. The van der Waals surface area contributed by atoms with E-state index in [2.05, 4.69) is 20.6 Å². The number of carboxylic acids is 1. The van der Waals surface area contributed by atoms with Crippen LogP contribution >= 0.6 is 0 Å². The van der Waals surface area contributed by atoms with Crippen LogP contribution in [0.3, 0.4) is 0 Å². The molecule has 0 saturated carbocycles. The van der Waals surface area contributed by atoms with Crippen LogP contribution in [0.15, 0.2) is 54.7 Å². The van der Waals surface area contributed by atoms with E-state index in [0.29, 0.717) is 12.2 Å². The summed E-state index contributed by atoms with van der Waals surface area (Å²) in [6, 6.07) is 14.5. The fraction of sp³-hybridized carbons (Fsp3) is 0.118. The molecule has 0 radical (unpaired) electrons. The van der Waals surface area contributed by atoms with Crippen molar-refractivity contribution in [1.82, 2.24) is 25.3 Å². The minimum atomic E-state index is -1.23. The van der Waals surface area contributed by atoms with Crippen molar-refractivity contribution < 1.29 is 14.7 Å². The van der Waals surface area contributed by atoms with E-state index < -0.39 is 5.97 Å². The molecule has 2 heterocycles. The van der Waals surface area contributed by atoms with Crippen LogP contribution in [0, 0.1) is 0 Å². The number of hydrogen-bond acceptors (Lipinski definition) is 5. The molecule has 0 bridgehead atoms. The van der Waals surface area contributed by atoms with Gasteiger partial charge in [-0.05, 0) is 17.7 Å². The number of rotatable bonds is 6. The lowest BCUT2D eigenvalue weighted by molar-refractivity contribution is -0.122. The monoisotopic (exact) mass is 337 g/mol. The highest BCUT2D eigenvalue weighted by Crippen LogP contribution is 2.19. The molecule has 0 atom stereocenters. The van der Waals surface area contributed by atoms with E-state index in [1.54, 1.807) is 18.2 Å². The predicted octanol–water partition coefficient (Wildman–Crippen LogP) is 1.35. The van der Waals surface area contributed by atoms with Gasteiger partial charge in [0.05, 0.1) is 5.69 Å². The van der Waals surface area contributed by atoms with Gasteiger partial charge < -0.3 is 10.4 Å². The maximum Gasteiger partial charge on any atom is 0.358 e. The summed E-state index contributed by atoms with van der Waals surface area (Å²) in [7, 11) is 0. The molecule has 0 spiro atoms. The van der Waals surface area contributed by atoms with Gasteiger partial charge in [0.1, 0.15) is 12.2 Å². The first kappa shape index (κ1) is 16.3. The van der Waals surface area contributed by atoms with Crippen molar-refractivity contribution in [3.63, 3.8) is 0 Å². The highest BCUT2D eigenvalue weighted by Gasteiger charge is 2.22. The number of benzene rings is 1. The lowest BCUT2D eigenvalue weighted by atomic mass is 10.2. The van der Waals surface area contributed by atoms with Crippen LogP contribution in [0.25, 0.3) is 11.4 Å². The summed E-state index contributed by atoms with van der Waals surface area (Å²) < 4.78 is 1.24. The highest BCUT2D eigenvalue weighted by molar-refractivity contribution is 5.92. The quantitative estimate of drug-likeness (QED) is 0.703. The van der Waals surface area contributed by atoms with Crippen molar-refractivity contribution in [1.29, 1.82) is 0 Å². The van der Waals surface area contributed by atoms with Crippen molar-refractivity contribution in [2.45, 2.75) is 13.1 Å². The molecule has 2 N–H and O–H groups in total. The molecule has 0 aliphatic carbocycles. The topological polar surface area (TPSA) is 110 Å². The lowest BCUT2D eigenvalue weighted by Crippen LogP contribution is -2.28. The maximum absolute atomic E-state index is 12.2. The molecule has 126 valence electrons. The van der Waals surface area contributed by atoms with Gasteiger partial charge in [0.2, 0.25) is 5.91 Å². The fourth-order valence-electron chi connectivity index (χ4n) is 2.31. The van der Waals surface area contributed by atoms with Crippen LogP contribution in [0.2, 0.25) is 0 Å². The molecule has 8 heteroatoms. The van der Waals surface area contributed by atoms with Gasteiger partial charge in [-0.25, -0.2) is 9.48 Å². The number of carbonyl (C=O) groups is 2. The number of amides is 1. The summed E-state index contributed by atoms with van der Waals surface area (Å²) >= 11 is 0. The molecule has 2 aromatic heterocycles. The Morgan fingerprint density at radius 1 is 1.08 bits per heavy atom. The summed E-state index contributed by atoms with van der Waals surface area (Å²) in [6.07, 6.45) is 1.54. The maximum atomic E-state index is 12.2. The summed E-state index contributed by atoms with van der Waals surface area (Å²) in [5.74, 6) is -1.53. The Balaban J connectivity index is 1.78. The largest absolute Gasteiger partial charge is 0.476 e. The van der Waals surface area contributed by atoms with Crippen molar-refractivity contribution in [2.24, 2.45) is 0 Å². The molecule has 8 nitrogen and oxygen atoms in total. The molecular weight excluding hydrogens is 322 g/mol. The first-order valence-corrected chi connectivity index (χ1v) is 7.54. The Kier molecular flexibility index (Phi) is 4.79. The van der Waals surface area contributed by atoms with Gasteiger partial charge in [-0.15, -0.1) is 5.10 Å². The van der Waals surface area contributed by atoms with Crippen LogP contribution in [0.4, 0.5) is 0 Å². The molecule has 0 fully saturated rings. The van der Waals surface area contributed by atoms with Gasteiger partial charge >= 0.3 is 5.97 Å². The molecule has 0 unspecified atom stereocenters. The van der Waals surface area contributed by atoms with Gasteiger partial charge in [-0.2, -0.15) is 0 Å². The molecule has 3 rings (SSSR count). The summed E-state index contributed by atoms with van der Waals surface area (Å²) in [6.45, 7) is 0.220. The minimum Gasteiger partial charge on any atom is -0.476 e. The second-order valence-electron chi connectivity index (χ2n) is 5.23. The number of carbonyl (C=O) groups excluding carboxylic acids is 1. The number of aromatic nitrogens is 4. The predicted molar refractivity (Wildman–Crippen MR) is 88.5 cm³/mol. The smallest absolute Gasteiger partial charge is 0.358 e. The molecule has 0 saturated heterocycles. The third-order valence-electron chi connectivity index (χ3n) is 3.47. The number of aromatic carboxylic acids is 1. The van der Waals surface area contributed by atoms with Crippen molar-refractivity contribution in [3.05, 3.63) is 66.0 Å². The average Bonchev–Trinajstić information content (AvgIpc) is 3.05. The highest BCUT2D eigenvalue weighted by atomic mass is 16.4. The Labute approximate surface area is 143 Å². The zero-order chi connectivity index (χ0) is 17.6. The Hall–Kier alpha value is -3.55. The van der Waals surface area contributed by atoms with Gasteiger partial charge in [-0.1, -0.05) is 41.6 Å². The number of hydrogen-bond donors (Lipinski definition) is 2. The van der Waals surface area contributed by atoms with Crippen LogP contribution < -0.4 is 5.32 Å². The Morgan fingerprint density at radius 2 is 1.84 bits per heavy atom. The first-order valence-electron chi connectivity index (χ1n) is 7.54. The molecule has 3 aromatic rings. The molecule has 1 amide bonds. The standard InChI is InChI=1S/C17H15N5O3/c23-14(19-10-12-6-2-1-3-7-12)11-22-16(13-8-4-5-9-18-13)15(17(24)25)20-21-22/h1-9H,10-11H2,(H,19,23)(H,24,25). The van der Waals surface area contributed by atoms with E-state index in [0.717, 1.165) is 5.56 Å². The molecule has 1 aromatic carbocycles. The number of nitrogens with zero attached hydrogens (tertiary/aromatic N) is 4. The third-order valence-corrected chi connectivity index (χ3v) is 3.47. The summed E-state index contributed by atoms with van der Waals surface area (Å²) in [5, 5.41) is 19.5. The molecule has 0 aliphatic heterocycles. The number of carboxylic acid groups (broad SMARTS) is 1. The van der Waals surface area contributed by atoms with Gasteiger partial charge in [0, 0.05) is 12.7 Å². The number of nitrogens with one attached hydrogen (secondary N) is 1.